The van der Waals surface area contributed by atoms with Gasteiger partial charge in [0.15, 0.2) is 0 Å². The van der Waals surface area contributed by atoms with Crippen molar-refractivity contribution in [2.45, 2.75) is 13.3 Å². The van der Waals surface area contributed by atoms with E-state index in [1.165, 1.54) is 11.0 Å². The summed E-state index contributed by atoms with van der Waals surface area (Å²) in [5, 5.41) is 8.75. The zero-order chi connectivity index (χ0) is 12.8. The number of carbonyl (C=O) groups is 1. The number of amides is 1. The number of aliphatic hydroxyl groups excluding tert-OH is 1. The third-order valence-electron chi connectivity index (χ3n) is 2.49. The molecule has 5 heteroatoms. The Kier molecular flexibility index (Phi) is 5.03. The van der Waals surface area contributed by atoms with Crippen LogP contribution in [-0.2, 0) is 11.2 Å². The van der Waals surface area contributed by atoms with Crippen molar-refractivity contribution in [2.75, 3.05) is 19.7 Å². The molecule has 0 fully saturated rings. The van der Waals surface area contributed by atoms with Crippen LogP contribution in [0.3, 0.4) is 0 Å². The van der Waals surface area contributed by atoms with E-state index < -0.39 is 17.5 Å². The lowest BCUT2D eigenvalue weighted by molar-refractivity contribution is -0.130. The second-order valence-electron chi connectivity index (χ2n) is 3.57. The van der Waals surface area contributed by atoms with Gasteiger partial charge in [-0.05, 0) is 19.1 Å². The molecular weight excluding hydrogens is 228 g/mol. The number of hydrogen-bond acceptors (Lipinski definition) is 2. The Hall–Kier alpha value is -1.49. The van der Waals surface area contributed by atoms with Gasteiger partial charge in [0.05, 0.1) is 13.0 Å². The van der Waals surface area contributed by atoms with Crippen molar-refractivity contribution in [1.82, 2.24) is 4.90 Å². The monoisotopic (exact) mass is 243 g/mol. The summed E-state index contributed by atoms with van der Waals surface area (Å²) in [4.78, 5) is 13.1. The van der Waals surface area contributed by atoms with Crippen LogP contribution in [0.15, 0.2) is 18.2 Å². The first-order valence-electron chi connectivity index (χ1n) is 5.41. The van der Waals surface area contributed by atoms with E-state index in [9.17, 15) is 13.6 Å². The molecule has 0 atom stereocenters. The van der Waals surface area contributed by atoms with Crippen LogP contribution in [0.5, 0.6) is 0 Å². The standard InChI is InChI=1S/C12H15F2NO2/c1-2-15(6-7-16)12(17)8-9-10(13)4-3-5-11(9)14/h3-5,16H,2,6-8H2,1H3. The van der Waals surface area contributed by atoms with Gasteiger partial charge >= 0.3 is 0 Å². The molecule has 0 heterocycles. The van der Waals surface area contributed by atoms with Crippen molar-refractivity contribution in [2.24, 2.45) is 0 Å². The Labute approximate surface area is 98.7 Å². The van der Waals surface area contributed by atoms with Crippen LogP contribution in [-0.4, -0.2) is 35.6 Å². The molecule has 17 heavy (non-hydrogen) atoms. The summed E-state index contributed by atoms with van der Waals surface area (Å²) in [7, 11) is 0. The zero-order valence-electron chi connectivity index (χ0n) is 9.62. The van der Waals surface area contributed by atoms with E-state index in [1.54, 1.807) is 6.92 Å². The van der Waals surface area contributed by atoms with Crippen LogP contribution in [0.2, 0.25) is 0 Å². The minimum Gasteiger partial charge on any atom is -0.395 e. The molecule has 94 valence electrons. The van der Waals surface area contributed by atoms with Crippen molar-refractivity contribution < 1.29 is 18.7 Å². The van der Waals surface area contributed by atoms with Gasteiger partial charge in [-0.1, -0.05) is 6.07 Å². The second kappa shape index (κ2) is 6.30. The first-order valence-corrected chi connectivity index (χ1v) is 5.41. The molecule has 1 aromatic rings. The third-order valence-corrected chi connectivity index (χ3v) is 2.49. The van der Waals surface area contributed by atoms with E-state index in [2.05, 4.69) is 0 Å². The molecule has 1 amide bonds. The minimum absolute atomic E-state index is 0.167. The predicted octanol–water partition coefficient (Wildman–Crippen LogP) is 1.35. The highest BCUT2D eigenvalue weighted by Gasteiger charge is 2.16. The zero-order valence-corrected chi connectivity index (χ0v) is 9.62. The third kappa shape index (κ3) is 3.49. The molecule has 1 aromatic carbocycles. The first-order chi connectivity index (χ1) is 8.10. The van der Waals surface area contributed by atoms with Gasteiger partial charge in [0.1, 0.15) is 11.6 Å². The molecule has 1 N–H and O–H groups in total. The summed E-state index contributed by atoms with van der Waals surface area (Å²) in [5.74, 6) is -1.85. The summed E-state index contributed by atoms with van der Waals surface area (Å²) < 4.78 is 26.6. The average molecular weight is 243 g/mol. The summed E-state index contributed by atoms with van der Waals surface area (Å²) >= 11 is 0. The van der Waals surface area contributed by atoms with E-state index in [0.29, 0.717) is 6.54 Å². The lowest BCUT2D eigenvalue weighted by Gasteiger charge is -2.19. The SMILES string of the molecule is CCN(CCO)C(=O)Cc1c(F)cccc1F. The highest BCUT2D eigenvalue weighted by atomic mass is 19.1. The van der Waals surface area contributed by atoms with E-state index in [0.717, 1.165) is 12.1 Å². The van der Waals surface area contributed by atoms with Crippen molar-refractivity contribution in [1.29, 1.82) is 0 Å². The minimum atomic E-state index is -0.724. The molecular formula is C12H15F2NO2. The van der Waals surface area contributed by atoms with Gasteiger partial charge in [0.2, 0.25) is 5.91 Å². The van der Waals surface area contributed by atoms with Gasteiger partial charge in [-0.2, -0.15) is 0 Å². The second-order valence-corrected chi connectivity index (χ2v) is 3.57. The molecule has 0 radical (unpaired) electrons. The van der Waals surface area contributed by atoms with E-state index >= 15 is 0 Å². The molecule has 0 saturated carbocycles. The fraction of sp³-hybridized carbons (Fsp3) is 0.417. The Morgan fingerprint density at radius 3 is 2.41 bits per heavy atom. The van der Waals surface area contributed by atoms with Crippen molar-refractivity contribution in [3.8, 4) is 0 Å². The molecule has 0 aromatic heterocycles. The number of likely N-dealkylation sites (N-methyl/N-ethyl adjacent to an activating group) is 1. The molecule has 0 aliphatic rings. The molecule has 1 rings (SSSR count). The van der Waals surface area contributed by atoms with Gasteiger partial charge in [-0.3, -0.25) is 4.79 Å². The number of rotatable bonds is 5. The molecule has 0 unspecified atom stereocenters. The van der Waals surface area contributed by atoms with Crippen molar-refractivity contribution in [3.63, 3.8) is 0 Å². The fourth-order valence-corrected chi connectivity index (χ4v) is 1.54. The average Bonchev–Trinajstić information content (AvgIpc) is 2.30. The Morgan fingerprint density at radius 1 is 1.35 bits per heavy atom. The molecule has 0 saturated heterocycles. The first kappa shape index (κ1) is 13.6. The van der Waals surface area contributed by atoms with Crippen LogP contribution < -0.4 is 0 Å². The van der Waals surface area contributed by atoms with Crippen molar-refractivity contribution in [3.05, 3.63) is 35.4 Å². The number of nitrogens with zero attached hydrogens (tertiary/aromatic N) is 1. The Bertz CT molecular complexity index is 376. The fourth-order valence-electron chi connectivity index (χ4n) is 1.54. The van der Waals surface area contributed by atoms with Crippen LogP contribution >= 0.6 is 0 Å². The molecule has 0 spiro atoms. The smallest absolute Gasteiger partial charge is 0.227 e. The van der Waals surface area contributed by atoms with Gasteiger partial charge in [-0.25, -0.2) is 8.78 Å². The topological polar surface area (TPSA) is 40.5 Å². The van der Waals surface area contributed by atoms with Crippen LogP contribution in [0.1, 0.15) is 12.5 Å². The lowest BCUT2D eigenvalue weighted by Crippen LogP contribution is -2.34. The van der Waals surface area contributed by atoms with E-state index in [1.807, 2.05) is 0 Å². The normalized spacial score (nSPS) is 10.4. The van der Waals surface area contributed by atoms with Gasteiger partial charge in [-0.15, -0.1) is 0 Å². The molecule has 0 aliphatic carbocycles. The predicted molar refractivity (Wildman–Crippen MR) is 59.4 cm³/mol. The number of halogens is 2. The lowest BCUT2D eigenvalue weighted by atomic mass is 10.1. The molecule has 0 bridgehead atoms. The van der Waals surface area contributed by atoms with Gasteiger partial charge in [0, 0.05) is 18.7 Å². The maximum atomic E-state index is 13.3. The maximum absolute atomic E-state index is 13.3. The van der Waals surface area contributed by atoms with Gasteiger partial charge < -0.3 is 10.0 Å². The van der Waals surface area contributed by atoms with Crippen molar-refractivity contribution >= 4 is 5.91 Å². The number of aliphatic hydroxyl groups is 1. The number of hydrogen-bond donors (Lipinski definition) is 1. The van der Waals surface area contributed by atoms with Crippen LogP contribution in [0.25, 0.3) is 0 Å². The summed E-state index contributed by atoms with van der Waals surface area (Å²) in [6.07, 6.45) is -0.327. The summed E-state index contributed by atoms with van der Waals surface area (Å²) in [5.41, 5.74) is -0.228. The van der Waals surface area contributed by atoms with Crippen LogP contribution in [0, 0.1) is 11.6 Å². The van der Waals surface area contributed by atoms with Gasteiger partial charge in [0.25, 0.3) is 0 Å². The molecule has 3 nitrogen and oxygen atoms in total. The summed E-state index contributed by atoms with van der Waals surface area (Å²) in [6.45, 7) is 2.14. The Morgan fingerprint density at radius 2 is 1.94 bits per heavy atom. The largest absolute Gasteiger partial charge is 0.395 e. The number of benzene rings is 1. The quantitative estimate of drug-likeness (QED) is 0.848. The van der Waals surface area contributed by atoms with Crippen LogP contribution in [0.4, 0.5) is 8.78 Å². The number of carbonyl (C=O) groups excluding carboxylic acids is 1. The summed E-state index contributed by atoms with van der Waals surface area (Å²) in [6, 6.07) is 3.49. The highest BCUT2D eigenvalue weighted by molar-refractivity contribution is 5.78. The molecule has 0 aliphatic heterocycles. The highest BCUT2D eigenvalue weighted by Crippen LogP contribution is 2.13. The Balaban J connectivity index is 2.80. The van der Waals surface area contributed by atoms with E-state index in [-0.39, 0.29) is 25.1 Å². The maximum Gasteiger partial charge on any atom is 0.227 e. The van der Waals surface area contributed by atoms with E-state index in [4.69, 9.17) is 5.11 Å².